The molecule has 0 radical (unpaired) electrons. The first-order chi connectivity index (χ1) is 16.4. The lowest BCUT2D eigenvalue weighted by molar-refractivity contribution is -0.138. The molecule has 0 spiro atoms. The van der Waals surface area contributed by atoms with E-state index in [9.17, 15) is 31.5 Å². The summed E-state index contributed by atoms with van der Waals surface area (Å²) in [4.78, 5) is 35.9. The Morgan fingerprint density at radius 1 is 1.09 bits per heavy atom. The molecule has 2 aromatic rings. The van der Waals surface area contributed by atoms with Gasteiger partial charge in [0.15, 0.2) is 0 Å². The Morgan fingerprint density at radius 3 is 2.34 bits per heavy atom. The molecule has 0 aromatic carbocycles. The Kier molecular flexibility index (Phi) is 6.64. The number of amides is 1. The van der Waals surface area contributed by atoms with Gasteiger partial charge in [-0.15, -0.1) is 0 Å². The number of H-pyrrole nitrogens is 1. The van der Waals surface area contributed by atoms with Crippen LogP contribution < -0.4 is 15.8 Å². The third kappa shape index (κ3) is 5.68. The number of anilines is 2. The van der Waals surface area contributed by atoms with Gasteiger partial charge in [-0.1, -0.05) is 0 Å². The summed E-state index contributed by atoms with van der Waals surface area (Å²) in [6.45, 7) is 2.50. The minimum absolute atomic E-state index is 0.0405. The quantitative estimate of drug-likeness (QED) is 0.607. The Balaban J connectivity index is 1.30. The average molecular weight is 501 g/mol. The van der Waals surface area contributed by atoms with Crippen LogP contribution in [0.1, 0.15) is 37.3 Å². The molecule has 0 bridgehead atoms. The summed E-state index contributed by atoms with van der Waals surface area (Å²) < 4.78 is 65.5. The monoisotopic (exact) mass is 501 g/mol. The maximum atomic E-state index is 13.3. The molecule has 1 saturated carbocycles. The molecular formula is C21H24F5N7O2. The maximum absolute atomic E-state index is 13.3. The molecule has 3 heterocycles. The molecule has 190 valence electrons. The molecule has 1 amide bonds. The van der Waals surface area contributed by atoms with E-state index in [1.165, 1.54) is 0 Å². The van der Waals surface area contributed by atoms with Gasteiger partial charge in [-0.05, 0) is 19.3 Å². The molecule has 4 rings (SSSR count). The van der Waals surface area contributed by atoms with Crippen LogP contribution in [0.5, 0.6) is 0 Å². The number of hydrogen-bond acceptors (Lipinski definition) is 7. The van der Waals surface area contributed by atoms with Crippen LogP contribution in [0.25, 0.3) is 0 Å². The summed E-state index contributed by atoms with van der Waals surface area (Å²) >= 11 is 0. The van der Waals surface area contributed by atoms with Crippen molar-refractivity contribution in [2.45, 2.75) is 44.3 Å². The number of carbonyl (C=O) groups is 1. The molecule has 2 fully saturated rings. The van der Waals surface area contributed by atoms with Crippen LogP contribution in [0, 0.1) is 5.92 Å². The molecule has 2 aromatic heterocycles. The van der Waals surface area contributed by atoms with Crippen LogP contribution in [0.3, 0.4) is 0 Å². The van der Waals surface area contributed by atoms with Gasteiger partial charge in [0.2, 0.25) is 11.9 Å². The first-order valence-corrected chi connectivity index (χ1v) is 11.1. The van der Waals surface area contributed by atoms with E-state index in [1.807, 2.05) is 10.00 Å². The van der Waals surface area contributed by atoms with Crippen molar-refractivity contribution in [3.05, 3.63) is 39.9 Å². The molecule has 1 aliphatic heterocycles. The second-order valence-corrected chi connectivity index (χ2v) is 8.82. The summed E-state index contributed by atoms with van der Waals surface area (Å²) in [5, 5.41) is 8.36. The maximum Gasteiger partial charge on any atom is 0.421 e. The van der Waals surface area contributed by atoms with E-state index in [2.05, 4.69) is 20.4 Å². The number of aromatic nitrogens is 4. The topological polar surface area (TPSA) is 107 Å². The molecule has 9 nitrogen and oxygen atoms in total. The van der Waals surface area contributed by atoms with Crippen LogP contribution in [-0.2, 0) is 16.9 Å². The second-order valence-electron chi connectivity index (χ2n) is 8.82. The van der Waals surface area contributed by atoms with Crippen LogP contribution >= 0.6 is 0 Å². The SMILES string of the molecule is CC(F)(F)c1cnc(N2CCN(C(=O)[C@@H]3CC[C@H](Nc4cc(C(F)(F)F)c(=O)[nH]n4)C3)CC2)nc1. The van der Waals surface area contributed by atoms with E-state index >= 15 is 0 Å². The van der Waals surface area contributed by atoms with E-state index in [0.717, 1.165) is 19.3 Å². The third-order valence-corrected chi connectivity index (χ3v) is 6.26. The van der Waals surface area contributed by atoms with E-state index in [0.29, 0.717) is 57.5 Å². The van der Waals surface area contributed by atoms with Crippen molar-refractivity contribution in [3.8, 4) is 0 Å². The Bertz CT molecular complexity index is 1110. The summed E-state index contributed by atoms with van der Waals surface area (Å²) in [5.74, 6) is -3.13. The Hall–Kier alpha value is -3.32. The molecule has 14 heteroatoms. The van der Waals surface area contributed by atoms with E-state index in [1.54, 1.807) is 4.90 Å². The highest BCUT2D eigenvalue weighted by molar-refractivity contribution is 5.79. The van der Waals surface area contributed by atoms with Gasteiger partial charge in [0.1, 0.15) is 11.4 Å². The van der Waals surface area contributed by atoms with Crippen molar-refractivity contribution in [2.75, 3.05) is 36.4 Å². The Labute approximate surface area is 196 Å². The number of halogens is 5. The van der Waals surface area contributed by atoms with Gasteiger partial charge >= 0.3 is 6.18 Å². The number of nitrogens with zero attached hydrogens (tertiary/aromatic N) is 5. The fourth-order valence-electron chi connectivity index (χ4n) is 4.33. The average Bonchev–Trinajstić information content (AvgIpc) is 3.27. The summed E-state index contributed by atoms with van der Waals surface area (Å²) in [6, 6.07) is 0.414. The molecular weight excluding hydrogens is 477 g/mol. The molecule has 1 aliphatic carbocycles. The lowest BCUT2D eigenvalue weighted by Crippen LogP contribution is -2.50. The van der Waals surface area contributed by atoms with Gasteiger partial charge in [0, 0.05) is 63.5 Å². The first kappa shape index (κ1) is 24.8. The van der Waals surface area contributed by atoms with Gasteiger partial charge < -0.3 is 15.1 Å². The number of rotatable bonds is 5. The summed E-state index contributed by atoms with van der Waals surface area (Å²) in [7, 11) is 0. The molecule has 2 atom stereocenters. The number of alkyl halides is 5. The van der Waals surface area contributed by atoms with E-state index in [4.69, 9.17) is 0 Å². The number of hydrogen-bond donors (Lipinski definition) is 2. The molecule has 1 saturated heterocycles. The molecule has 2 aliphatic rings. The van der Waals surface area contributed by atoms with E-state index < -0.39 is 23.2 Å². The van der Waals surface area contributed by atoms with Gasteiger partial charge in [0.05, 0.1) is 5.56 Å². The van der Waals surface area contributed by atoms with Crippen LogP contribution in [0.4, 0.5) is 33.7 Å². The standard InChI is InChI=1S/C21H24F5N7O2/c1-20(22,23)13-10-27-19(28-11-13)33-6-4-32(5-7-33)18(35)12-2-3-14(8-12)29-16-9-15(21(24,25)26)17(34)31-30-16/h9-12,14H,2-8H2,1H3,(H,29,30)(H,31,34)/t12-,14+/m1/s1. The molecule has 0 unspecified atom stereocenters. The van der Waals surface area contributed by atoms with Gasteiger partial charge in [-0.2, -0.15) is 18.3 Å². The number of carbonyl (C=O) groups excluding carboxylic acids is 1. The fraction of sp³-hybridized carbons (Fsp3) is 0.571. The predicted molar refractivity (Wildman–Crippen MR) is 115 cm³/mol. The van der Waals surface area contributed by atoms with Crippen molar-refractivity contribution in [1.29, 1.82) is 0 Å². The number of aromatic amines is 1. The highest BCUT2D eigenvalue weighted by atomic mass is 19.4. The van der Waals surface area contributed by atoms with Crippen LogP contribution in [-0.4, -0.2) is 63.2 Å². The zero-order valence-electron chi connectivity index (χ0n) is 18.8. The first-order valence-electron chi connectivity index (χ1n) is 11.1. The van der Waals surface area contributed by atoms with Gasteiger partial charge in [-0.3, -0.25) is 9.59 Å². The molecule has 35 heavy (non-hydrogen) atoms. The lowest BCUT2D eigenvalue weighted by Gasteiger charge is -2.36. The van der Waals surface area contributed by atoms with Crippen LogP contribution in [0.15, 0.2) is 23.3 Å². The Morgan fingerprint density at radius 2 is 1.74 bits per heavy atom. The minimum Gasteiger partial charge on any atom is -0.366 e. The minimum atomic E-state index is -4.79. The highest BCUT2D eigenvalue weighted by Gasteiger charge is 2.37. The van der Waals surface area contributed by atoms with Crippen molar-refractivity contribution < 1.29 is 26.7 Å². The van der Waals surface area contributed by atoms with Crippen molar-refractivity contribution in [2.24, 2.45) is 5.92 Å². The zero-order valence-corrected chi connectivity index (χ0v) is 18.8. The number of piperazine rings is 1. The third-order valence-electron chi connectivity index (χ3n) is 6.26. The van der Waals surface area contributed by atoms with Crippen molar-refractivity contribution in [1.82, 2.24) is 25.1 Å². The van der Waals surface area contributed by atoms with Gasteiger partial charge in [0.25, 0.3) is 11.5 Å². The predicted octanol–water partition coefficient (Wildman–Crippen LogP) is 2.62. The number of nitrogens with one attached hydrogen (secondary N) is 2. The second kappa shape index (κ2) is 9.38. The summed E-state index contributed by atoms with van der Waals surface area (Å²) in [5.41, 5.74) is -2.92. The summed E-state index contributed by atoms with van der Waals surface area (Å²) in [6.07, 6.45) is -1.03. The normalized spacial score (nSPS) is 21.3. The zero-order chi connectivity index (χ0) is 25.4. The van der Waals surface area contributed by atoms with Crippen LogP contribution in [0.2, 0.25) is 0 Å². The smallest absolute Gasteiger partial charge is 0.366 e. The highest BCUT2D eigenvalue weighted by Crippen LogP contribution is 2.32. The van der Waals surface area contributed by atoms with E-state index in [-0.39, 0.29) is 29.2 Å². The van der Waals surface area contributed by atoms with Crippen molar-refractivity contribution >= 4 is 17.7 Å². The largest absolute Gasteiger partial charge is 0.421 e. The van der Waals surface area contributed by atoms with Gasteiger partial charge in [-0.25, -0.2) is 23.8 Å². The molecule has 2 N–H and O–H groups in total. The van der Waals surface area contributed by atoms with Crippen molar-refractivity contribution in [3.63, 3.8) is 0 Å². The lowest BCUT2D eigenvalue weighted by atomic mass is 10.1. The fourth-order valence-corrected chi connectivity index (χ4v) is 4.33.